The molecule has 0 aromatic carbocycles. The molecule has 2 aromatic heterocycles. The predicted molar refractivity (Wildman–Crippen MR) is 76.6 cm³/mol. The summed E-state index contributed by atoms with van der Waals surface area (Å²) in [5.74, 6) is 0. The second-order valence-electron chi connectivity index (χ2n) is 3.41. The SMILES string of the molecule is Cc1cc(C)c(C(Br)c2ccc(Br)s2)s1. The van der Waals surface area contributed by atoms with E-state index < -0.39 is 0 Å². The van der Waals surface area contributed by atoms with Gasteiger partial charge in [0.05, 0.1) is 8.61 Å². The van der Waals surface area contributed by atoms with Gasteiger partial charge in [0.15, 0.2) is 0 Å². The van der Waals surface area contributed by atoms with Crippen LogP contribution in [0.15, 0.2) is 22.0 Å². The normalized spacial score (nSPS) is 13.1. The van der Waals surface area contributed by atoms with E-state index in [0.29, 0.717) is 4.83 Å². The lowest BCUT2D eigenvalue weighted by atomic mass is 10.2. The van der Waals surface area contributed by atoms with E-state index in [-0.39, 0.29) is 0 Å². The highest BCUT2D eigenvalue weighted by molar-refractivity contribution is 9.11. The topological polar surface area (TPSA) is 0 Å². The van der Waals surface area contributed by atoms with Crippen LogP contribution < -0.4 is 0 Å². The average Bonchev–Trinajstić information content (AvgIpc) is 2.71. The van der Waals surface area contributed by atoms with E-state index in [1.165, 1.54) is 24.0 Å². The van der Waals surface area contributed by atoms with Crippen LogP contribution in [0.25, 0.3) is 0 Å². The summed E-state index contributed by atoms with van der Waals surface area (Å²) in [7, 11) is 0. The van der Waals surface area contributed by atoms with Crippen molar-refractivity contribution in [1.82, 2.24) is 0 Å². The maximum absolute atomic E-state index is 3.77. The van der Waals surface area contributed by atoms with Crippen LogP contribution in [0.2, 0.25) is 0 Å². The van der Waals surface area contributed by atoms with Gasteiger partial charge in [-0.15, -0.1) is 22.7 Å². The molecule has 0 nitrogen and oxygen atoms in total. The van der Waals surface area contributed by atoms with E-state index in [1.54, 1.807) is 11.3 Å². The highest BCUT2D eigenvalue weighted by Crippen LogP contribution is 2.41. The lowest BCUT2D eigenvalue weighted by Crippen LogP contribution is -1.86. The van der Waals surface area contributed by atoms with Crippen LogP contribution in [0.5, 0.6) is 0 Å². The fourth-order valence-corrected chi connectivity index (χ4v) is 5.10. The molecule has 2 aromatic rings. The Balaban J connectivity index is 2.35. The van der Waals surface area contributed by atoms with Crippen molar-refractivity contribution < 1.29 is 0 Å². The molecule has 0 aliphatic carbocycles. The molecular formula is C11H10Br2S2. The third kappa shape index (κ3) is 2.54. The molecule has 80 valence electrons. The minimum atomic E-state index is 0.340. The van der Waals surface area contributed by atoms with E-state index in [0.717, 1.165) is 0 Å². The zero-order chi connectivity index (χ0) is 11.0. The van der Waals surface area contributed by atoms with Crippen LogP contribution in [-0.4, -0.2) is 0 Å². The molecule has 1 unspecified atom stereocenters. The minimum absolute atomic E-state index is 0.340. The molecule has 0 saturated carbocycles. The second-order valence-corrected chi connectivity index (χ2v) is 8.11. The molecule has 0 bridgehead atoms. The first kappa shape index (κ1) is 11.8. The van der Waals surface area contributed by atoms with Gasteiger partial charge in [-0.3, -0.25) is 0 Å². The Kier molecular flexibility index (Phi) is 3.71. The molecule has 0 radical (unpaired) electrons. The first-order chi connectivity index (χ1) is 7.08. The van der Waals surface area contributed by atoms with Gasteiger partial charge < -0.3 is 0 Å². The Bertz CT molecular complexity index is 471. The average molecular weight is 366 g/mol. The van der Waals surface area contributed by atoms with Crippen molar-refractivity contribution in [2.75, 3.05) is 0 Å². The third-order valence-corrected chi connectivity index (χ3v) is 6.62. The zero-order valence-electron chi connectivity index (χ0n) is 8.38. The smallest absolute Gasteiger partial charge is 0.0834 e. The van der Waals surface area contributed by atoms with Crippen molar-refractivity contribution in [2.24, 2.45) is 0 Å². The Hall–Kier alpha value is 0.360. The molecule has 2 heterocycles. The molecule has 0 amide bonds. The van der Waals surface area contributed by atoms with E-state index in [9.17, 15) is 0 Å². The fourth-order valence-electron chi connectivity index (χ4n) is 1.50. The standard InChI is InChI=1S/C11H10Br2S2/c1-6-5-7(2)14-11(6)10(13)8-3-4-9(12)15-8/h3-5,10H,1-2H3. The van der Waals surface area contributed by atoms with Gasteiger partial charge >= 0.3 is 0 Å². The fraction of sp³-hybridized carbons (Fsp3) is 0.273. The quantitative estimate of drug-likeness (QED) is 0.601. The Labute approximate surface area is 115 Å². The zero-order valence-corrected chi connectivity index (χ0v) is 13.2. The summed E-state index contributed by atoms with van der Waals surface area (Å²) in [6.07, 6.45) is 0. The molecule has 0 aliphatic heterocycles. The van der Waals surface area contributed by atoms with Gasteiger partial charge in [-0.1, -0.05) is 15.9 Å². The van der Waals surface area contributed by atoms with E-state index in [1.807, 2.05) is 11.3 Å². The van der Waals surface area contributed by atoms with Gasteiger partial charge in [0.25, 0.3) is 0 Å². The summed E-state index contributed by atoms with van der Waals surface area (Å²) in [4.78, 5) is 4.49. The highest BCUT2D eigenvalue weighted by Gasteiger charge is 2.16. The van der Waals surface area contributed by atoms with Crippen LogP contribution in [0.1, 0.15) is 25.0 Å². The molecule has 0 fully saturated rings. The molecule has 0 spiro atoms. The van der Waals surface area contributed by atoms with Crippen LogP contribution in [0.3, 0.4) is 0 Å². The first-order valence-electron chi connectivity index (χ1n) is 4.54. The van der Waals surface area contributed by atoms with Gasteiger partial charge in [0, 0.05) is 14.6 Å². The minimum Gasteiger partial charge on any atom is -0.144 e. The number of thiophene rings is 2. The van der Waals surface area contributed by atoms with Crippen LogP contribution >= 0.6 is 54.5 Å². The van der Waals surface area contributed by atoms with Crippen LogP contribution in [0.4, 0.5) is 0 Å². The molecule has 15 heavy (non-hydrogen) atoms. The number of alkyl halides is 1. The van der Waals surface area contributed by atoms with E-state index >= 15 is 0 Å². The molecule has 4 heteroatoms. The summed E-state index contributed by atoms with van der Waals surface area (Å²) in [5.41, 5.74) is 1.38. The Morgan fingerprint density at radius 3 is 2.40 bits per heavy atom. The summed E-state index contributed by atoms with van der Waals surface area (Å²) in [5, 5.41) is 0. The van der Waals surface area contributed by atoms with Gasteiger partial charge in [0.2, 0.25) is 0 Å². The predicted octanol–water partition coefficient (Wildman–Crippen LogP) is 5.67. The first-order valence-corrected chi connectivity index (χ1v) is 7.88. The van der Waals surface area contributed by atoms with Crippen LogP contribution in [-0.2, 0) is 0 Å². The lowest BCUT2D eigenvalue weighted by Gasteiger charge is -2.05. The van der Waals surface area contributed by atoms with Gasteiger partial charge in [-0.05, 0) is 53.5 Å². The summed E-state index contributed by atoms with van der Waals surface area (Å²) in [6, 6.07) is 6.52. The number of aryl methyl sites for hydroxylation is 2. The molecule has 2 rings (SSSR count). The Morgan fingerprint density at radius 2 is 1.93 bits per heavy atom. The molecule has 0 saturated heterocycles. The van der Waals surface area contributed by atoms with E-state index in [2.05, 4.69) is 63.9 Å². The number of halogens is 2. The van der Waals surface area contributed by atoms with Crippen molar-refractivity contribution in [2.45, 2.75) is 18.7 Å². The van der Waals surface area contributed by atoms with Gasteiger partial charge in [-0.2, -0.15) is 0 Å². The summed E-state index contributed by atoms with van der Waals surface area (Å²) in [6.45, 7) is 4.33. The largest absolute Gasteiger partial charge is 0.144 e. The number of hydrogen-bond donors (Lipinski definition) is 0. The molecule has 0 N–H and O–H groups in total. The van der Waals surface area contributed by atoms with Crippen molar-refractivity contribution in [1.29, 1.82) is 0 Å². The second kappa shape index (κ2) is 4.70. The van der Waals surface area contributed by atoms with Crippen molar-refractivity contribution in [3.05, 3.63) is 42.2 Å². The summed E-state index contributed by atoms with van der Waals surface area (Å²) >= 11 is 10.9. The number of hydrogen-bond acceptors (Lipinski definition) is 2. The lowest BCUT2D eigenvalue weighted by molar-refractivity contribution is 1.24. The molecular weight excluding hydrogens is 356 g/mol. The van der Waals surface area contributed by atoms with Crippen molar-refractivity contribution in [3.8, 4) is 0 Å². The van der Waals surface area contributed by atoms with Crippen molar-refractivity contribution in [3.63, 3.8) is 0 Å². The van der Waals surface area contributed by atoms with Gasteiger partial charge in [-0.25, -0.2) is 0 Å². The Morgan fingerprint density at radius 1 is 1.20 bits per heavy atom. The maximum Gasteiger partial charge on any atom is 0.0834 e. The van der Waals surface area contributed by atoms with E-state index in [4.69, 9.17) is 0 Å². The van der Waals surface area contributed by atoms with Gasteiger partial charge in [0.1, 0.15) is 0 Å². The maximum atomic E-state index is 3.77. The number of rotatable bonds is 2. The molecule has 0 aliphatic rings. The highest BCUT2D eigenvalue weighted by atomic mass is 79.9. The van der Waals surface area contributed by atoms with Crippen molar-refractivity contribution >= 4 is 54.5 Å². The monoisotopic (exact) mass is 364 g/mol. The summed E-state index contributed by atoms with van der Waals surface area (Å²) < 4.78 is 1.19. The van der Waals surface area contributed by atoms with Crippen LogP contribution in [0, 0.1) is 13.8 Å². The molecule has 1 atom stereocenters. The third-order valence-electron chi connectivity index (χ3n) is 2.15.